The number of carbonyl (C=O) groups excluding carboxylic acids is 1. The predicted molar refractivity (Wildman–Crippen MR) is 117 cm³/mol. The number of benzene rings is 2. The third-order valence-electron chi connectivity index (χ3n) is 4.59. The second-order valence-electron chi connectivity index (χ2n) is 7.50. The van der Waals surface area contributed by atoms with Gasteiger partial charge in [-0.05, 0) is 49.2 Å². The first-order valence-electron chi connectivity index (χ1n) is 10.0. The number of halogens is 1. The van der Waals surface area contributed by atoms with E-state index in [1.54, 1.807) is 18.2 Å². The van der Waals surface area contributed by atoms with Crippen LogP contribution in [0.25, 0.3) is 0 Å². The maximum absolute atomic E-state index is 13.6. The van der Waals surface area contributed by atoms with Crippen LogP contribution >= 0.6 is 0 Å². The largest absolute Gasteiger partial charge is 0.357 e. The molecule has 0 atom stereocenters. The summed E-state index contributed by atoms with van der Waals surface area (Å²) in [5.41, 5.74) is 2.24. The summed E-state index contributed by atoms with van der Waals surface area (Å²) in [5.74, 6) is 0.365. The third-order valence-corrected chi connectivity index (χ3v) is 4.59. The molecule has 6 heteroatoms. The second kappa shape index (κ2) is 10.6. The van der Waals surface area contributed by atoms with Crippen LogP contribution in [0.4, 0.5) is 4.39 Å². The molecule has 1 amide bonds. The van der Waals surface area contributed by atoms with E-state index in [1.807, 2.05) is 38.1 Å². The molecular formula is C23H31FN4O. The van der Waals surface area contributed by atoms with Crippen LogP contribution in [-0.4, -0.2) is 31.5 Å². The molecular weight excluding hydrogens is 367 g/mol. The molecule has 0 heterocycles. The van der Waals surface area contributed by atoms with E-state index in [9.17, 15) is 9.18 Å². The molecule has 29 heavy (non-hydrogen) atoms. The first kappa shape index (κ1) is 22.4. The Labute approximate surface area is 172 Å². The van der Waals surface area contributed by atoms with Gasteiger partial charge in [-0.25, -0.2) is 9.38 Å². The molecule has 0 saturated heterocycles. The zero-order chi connectivity index (χ0) is 21.3. The molecule has 0 aromatic heterocycles. The van der Waals surface area contributed by atoms with E-state index < -0.39 is 0 Å². The quantitative estimate of drug-likeness (QED) is 0.470. The van der Waals surface area contributed by atoms with Crippen molar-refractivity contribution in [2.24, 2.45) is 4.99 Å². The van der Waals surface area contributed by atoms with Crippen LogP contribution in [0.1, 0.15) is 49.2 Å². The number of hydrogen-bond acceptors (Lipinski definition) is 2. The molecule has 2 aromatic rings. The highest BCUT2D eigenvalue weighted by Gasteiger charge is 2.21. The zero-order valence-electron chi connectivity index (χ0n) is 17.7. The van der Waals surface area contributed by atoms with Crippen molar-refractivity contribution in [1.82, 2.24) is 16.0 Å². The Morgan fingerprint density at radius 1 is 1.00 bits per heavy atom. The summed E-state index contributed by atoms with van der Waals surface area (Å²) in [7, 11) is 0. The van der Waals surface area contributed by atoms with Gasteiger partial charge in [0.05, 0.1) is 6.54 Å². The summed E-state index contributed by atoms with van der Waals surface area (Å²) in [5, 5.41) is 9.38. The van der Waals surface area contributed by atoms with Crippen LogP contribution < -0.4 is 16.0 Å². The van der Waals surface area contributed by atoms with Crippen LogP contribution in [0, 0.1) is 5.82 Å². The van der Waals surface area contributed by atoms with Gasteiger partial charge in [0.25, 0.3) is 5.91 Å². The van der Waals surface area contributed by atoms with Crippen LogP contribution in [-0.2, 0) is 12.0 Å². The SMILES string of the molecule is CCNC(=O)c1cccc(CN=C(NCC)NCC(C)(C)c2cccc(F)c2)c1. The smallest absolute Gasteiger partial charge is 0.251 e. The summed E-state index contributed by atoms with van der Waals surface area (Å²) in [6, 6.07) is 14.1. The van der Waals surface area contributed by atoms with Gasteiger partial charge in [-0.2, -0.15) is 0 Å². The van der Waals surface area contributed by atoms with Gasteiger partial charge in [-0.3, -0.25) is 4.79 Å². The van der Waals surface area contributed by atoms with E-state index in [4.69, 9.17) is 0 Å². The van der Waals surface area contributed by atoms with Crippen molar-refractivity contribution < 1.29 is 9.18 Å². The highest BCUT2D eigenvalue weighted by molar-refractivity contribution is 5.94. The summed E-state index contributed by atoms with van der Waals surface area (Å²) in [4.78, 5) is 16.6. The number of rotatable bonds is 8. The highest BCUT2D eigenvalue weighted by atomic mass is 19.1. The molecule has 0 saturated carbocycles. The van der Waals surface area contributed by atoms with E-state index in [0.717, 1.165) is 17.7 Å². The molecule has 0 fully saturated rings. The standard InChI is InChI=1S/C23H31FN4O/c1-5-25-21(29)18-10-7-9-17(13-18)15-27-22(26-6-2)28-16-23(3,4)19-11-8-12-20(24)14-19/h7-14H,5-6,15-16H2,1-4H3,(H,25,29)(H2,26,27,28). The Bertz CT molecular complexity index is 848. The Kier molecular flexibility index (Phi) is 8.19. The third kappa shape index (κ3) is 6.89. The van der Waals surface area contributed by atoms with Gasteiger partial charge in [-0.1, -0.05) is 38.1 Å². The van der Waals surface area contributed by atoms with E-state index >= 15 is 0 Å². The van der Waals surface area contributed by atoms with Crippen LogP contribution in [0.2, 0.25) is 0 Å². The normalized spacial score (nSPS) is 11.8. The molecule has 0 bridgehead atoms. The number of nitrogens with zero attached hydrogens (tertiary/aromatic N) is 1. The van der Waals surface area contributed by atoms with Crippen LogP contribution in [0.3, 0.4) is 0 Å². The monoisotopic (exact) mass is 398 g/mol. The maximum atomic E-state index is 13.6. The minimum absolute atomic E-state index is 0.0831. The molecule has 0 radical (unpaired) electrons. The van der Waals surface area contributed by atoms with Crippen LogP contribution in [0.5, 0.6) is 0 Å². The van der Waals surface area contributed by atoms with Gasteiger partial charge in [0, 0.05) is 30.6 Å². The Hall–Kier alpha value is -2.89. The summed E-state index contributed by atoms with van der Waals surface area (Å²) in [6.07, 6.45) is 0. The fraction of sp³-hybridized carbons (Fsp3) is 0.391. The van der Waals surface area contributed by atoms with E-state index in [1.165, 1.54) is 6.07 Å². The van der Waals surface area contributed by atoms with Gasteiger partial charge < -0.3 is 16.0 Å². The molecule has 0 aliphatic heterocycles. The highest BCUT2D eigenvalue weighted by Crippen LogP contribution is 2.22. The maximum Gasteiger partial charge on any atom is 0.251 e. The molecule has 0 aliphatic rings. The first-order chi connectivity index (χ1) is 13.9. The topological polar surface area (TPSA) is 65.5 Å². The minimum Gasteiger partial charge on any atom is -0.357 e. The number of guanidine groups is 1. The number of nitrogens with one attached hydrogen (secondary N) is 3. The molecule has 0 spiro atoms. The van der Waals surface area contributed by atoms with Crippen molar-refractivity contribution in [3.63, 3.8) is 0 Å². The second-order valence-corrected chi connectivity index (χ2v) is 7.50. The van der Waals surface area contributed by atoms with Crippen LogP contribution in [0.15, 0.2) is 53.5 Å². The lowest BCUT2D eigenvalue weighted by molar-refractivity contribution is 0.0955. The lowest BCUT2D eigenvalue weighted by Gasteiger charge is -2.27. The fourth-order valence-corrected chi connectivity index (χ4v) is 2.90. The van der Waals surface area contributed by atoms with E-state index in [-0.39, 0.29) is 17.1 Å². The Balaban J connectivity index is 2.06. The predicted octanol–water partition coefficient (Wildman–Crippen LogP) is 3.61. The molecule has 3 N–H and O–H groups in total. The Morgan fingerprint density at radius 2 is 1.72 bits per heavy atom. The van der Waals surface area contributed by atoms with Gasteiger partial charge >= 0.3 is 0 Å². The number of carbonyl (C=O) groups is 1. The molecule has 2 rings (SSSR count). The average Bonchev–Trinajstić information content (AvgIpc) is 2.70. The zero-order valence-corrected chi connectivity index (χ0v) is 17.7. The number of aliphatic imine (C=N–C) groups is 1. The molecule has 0 unspecified atom stereocenters. The summed E-state index contributed by atoms with van der Waals surface area (Å²) >= 11 is 0. The molecule has 156 valence electrons. The Morgan fingerprint density at radius 3 is 2.41 bits per heavy atom. The van der Waals surface area contributed by atoms with Crippen molar-refractivity contribution in [2.75, 3.05) is 19.6 Å². The summed E-state index contributed by atoms with van der Waals surface area (Å²) in [6.45, 7) is 10.4. The summed E-state index contributed by atoms with van der Waals surface area (Å²) < 4.78 is 13.6. The number of hydrogen-bond donors (Lipinski definition) is 3. The van der Waals surface area contributed by atoms with Crippen molar-refractivity contribution in [3.05, 3.63) is 71.0 Å². The van der Waals surface area contributed by atoms with E-state index in [0.29, 0.717) is 31.2 Å². The molecule has 5 nitrogen and oxygen atoms in total. The van der Waals surface area contributed by atoms with Crippen molar-refractivity contribution in [1.29, 1.82) is 0 Å². The molecule has 2 aromatic carbocycles. The lowest BCUT2D eigenvalue weighted by atomic mass is 9.84. The number of amides is 1. The fourth-order valence-electron chi connectivity index (χ4n) is 2.90. The van der Waals surface area contributed by atoms with Gasteiger partial charge in [-0.15, -0.1) is 0 Å². The van der Waals surface area contributed by atoms with Gasteiger partial charge in [0.2, 0.25) is 0 Å². The van der Waals surface area contributed by atoms with Gasteiger partial charge in [0.15, 0.2) is 5.96 Å². The van der Waals surface area contributed by atoms with Gasteiger partial charge in [0.1, 0.15) is 5.82 Å². The molecule has 0 aliphatic carbocycles. The van der Waals surface area contributed by atoms with Crippen molar-refractivity contribution in [3.8, 4) is 0 Å². The van der Waals surface area contributed by atoms with Crippen molar-refractivity contribution in [2.45, 2.75) is 39.7 Å². The van der Waals surface area contributed by atoms with E-state index in [2.05, 4.69) is 34.8 Å². The lowest BCUT2D eigenvalue weighted by Crippen LogP contribution is -2.43. The first-order valence-corrected chi connectivity index (χ1v) is 10.0. The minimum atomic E-state index is -0.267. The van der Waals surface area contributed by atoms with Crippen molar-refractivity contribution >= 4 is 11.9 Å². The average molecular weight is 399 g/mol.